The maximum Gasteiger partial charge on any atom is 0.237 e. The number of amides is 1. The van der Waals surface area contributed by atoms with Gasteiger partial charge >= 0.3 is 0 Å². The first kappa shape index (κ1) is 14.1. The minimum atomic E-state index is -0.905. The van der Waals surface area contributed by atoms with Crippen LogP contribution in [-0.4, -0.2) is 35.5 Å². The third kappa shape index (κ3) is 5.49. The summed E-state index contributed by atoms with van der Waals surface area (Å²) in [5.41, 5.74) is 5.61. The van der Waals surface area contributed by atoms with Gasteiger partial charge < -0.3 is 21.0 Å². The Kier molecular flexibility index (Phi) is 6.12. The van der Waals surface area contributed by atoms with E-state index >= 15 is 0 Å². The van der Waals surface area contributed by atoms with E-state index in [0.717, 1.165) is 0 Å². The summed E-state index contributed by atoms with van der Waals surface area (Å²) in [6, 6.07) is -1.51. The minimum absolute atomic E-state index is 0.312. The van der Waals surface area contributed by atoms with Crippen molar-refractivity contribution < 1.29 is 14.7 Å². The van der Waals surface area contributed by atoms with Crippen molar-refractivity contribution in [2.75, 3.05) is 0 Å². The van der Waals surface area contributed by atoms with Crippen molar-refractivity contribution in [1.82, 2.24) is 5.32 Å². The van der Waals surface area contributed by atoms with E-state index in [1.165, 1.54) is 6.92 Å². The van der Waals surface area contributed by atoms with Gasteiger partial charge in [-0.1, -0.05) is 13.8 Å². The molecule has 4 N–H and O–H groups in total. The van der Waals surface area contributed by atoms with Crippen molar-refractivity contribution in [3.8, 4) is 0 Å². The summed E-state index contributed by atoms with van der Waals surface area (Å²) in [7, 11) is 0. The van der Waals surface area contributed by atoms with E-state index < -0.39 is 24.1 Å². The number of carbonyl (C=O) groups excluding carboxylic acids is 2. The molecule has 88 valence electrons. The Morgan fingerprint density at radius 1 is 1.47 bits per heavy atom. The molecule has 0 aromatic carbocycles. The van der Waals surface area contributed by atoms with Crippen molar-refractivity contribution in [3.63, 3.8) is 0 Å². The molecule has 0 aliphatic heterocycles. The smallest absolute Gasteiger partial charge is 0.237 e. The van der Waals surface area contributed by atoms with Gasteiger partial charge in [-0.25, -0.2) is 0 Å². The lowest BCUT2D eigenvalue weighted by atomic mass is 10.0. The van der Waals surface area contributed by atoms with Crippen LogP contribution in [-0.2, 0) is 9.59 Å². The molecule has 0 aliphatic rings. The van der Waals surface area contributed by atoms with Crippen molar-refractivity contribution >= 4 is 12.2 Å². The van der Waals surface area contributed by atoms with Crippen LogP contribution >= 0.6 is 0 Å². The number of nitrogens with one attached hydrogen (secondary N) is 1. The van der Waals surface area contributed by atoms with E-state index in [0.29, 0.717) is 18.6 Å². The molecular formula is C10H20N2O3. The molecule has 0 radical (unpaired) electrons. The molecule has 0 rings (SSSR count). The van der Waals surface area contributed by atoms with Gasteiger partial charge in [0.1, 0.15) is 12.3 Å². The molecule has 0 fully saturated rings. The first-order valence-electron chi connectivity index (χ1n) is 5.07. The summed E-state index contributed by atoms with van der Waals surface area (Å²) in [6.07, 6.45) is 0.153. The maximum atomic E-state index is 11.4. The summed E-state index contributed by atoms with van der Waals surface area (Å²) >= 11 is 0. The van der Waals surface area contributed by atoms with Crippen molar-refractivity contribution in [1.29, 1.82) is 0 Å². The molecule has 1 amide bonds. The second kappa shape index (κ2) is 6.53. The normalized spacial score (nSPS) is 16.9. The van der Waals surface area contributed by atoms with E-state index in [1.807, 2.05) is 13.8 Å². The molecule has 0 heterocycles. The van der Waals surface area contributed by atoms with Crippen molar-refractivity contribution in [2.24, 2.45) is 11.7 Å². The average Bonchev–Trinajstić information content (AvgIpc) is 2.11. The van der Waals surface area contributed by atoms with Gasteiger partial charge in [0.25, 0.3) is 0 Å². The topological polar surface area (TPSA) is 92.4 Å². The standard InChI is InChI=1S/C10H20N2O3/c1-6(2)4-8(11)10(15)12-9(5-13)7(3)14/h5-9,14H,4,11H2,1-3H3,(H,12,15)/t7?,8-,9+/m1/s1. The predicted octanol–water partition coefficient (Wildman–Crippen LogP) is -0.576. The van der Waals surface area contributed by atoms with E-state index in [4.69, 9.17) is 10.8 Å². The fourth-order valence-electron chi connectivity index (χ4n) is 1.15. The van der Waals surface area contributed by atoms with Crippen LogP contribution in [0.3, 0.4) is 0 Å². The number of hydrogen-bond acceptors (Lipinski definition) is 4. The van der Waals surface area contributed by atoms with E-state index in [9.17, 15) is 9.59 Å². The van der Waals surface area contributed by atoms with Crippen molar-refractivity contribution in [2.45, 2.75) is 45.4 Å². The van der Waals surface area contributed by atoms with E-state index in [2.05, 4.69) is 5.32 Å². The SMILES string of the molecule is CC(C)C[C@@H](N)C(=O)N[C@@H](C=O)C(C)O. The quantitative estimate of drug-likeness (QED) is 0.518. The third-order valence-electron chi connectivity index (χ3n) is 2.04. The van der Waals surface area contributed by atoms with Crippen LogP contribution in [0.25, 0.3) is 0 Å². The number of rotatable bonds is 6. The fraction of sp³-hybridized carbons (Fsp3) is 0.800. The highest BCUT2D eigenvalue weighted by Crippen LogP contribution is 2.03. The lowest BCUT2D eigenvalue weighted by Crippen LogP contribution is -2.50. The summed E-state index contributed by atoms with van der Waals surface area (Å²) in [5.74, 6) is -0.0892. The Hall–Kier alpha value is -0.940. The van der Waals surface area contributed by atoms with Gasteiger partial charge in [0.15, 0.2) is 0 Å². The number of aliphatic hydroxyl groups excluding tert-OH is 1. The molecule has 0 aromatic heterocycles. The van der Waals surface area contributed by atoms with Crippen LogP contribution in [0.5, 0.6) is 0 Å². The Morgan fingerprint density at radius 2 is 2.00 bits per heavy atom. The van der Waals surface area contributed by atoms with Gasteiger partial charge in [0.2, 0.25) is 5.91 Å². The minimum Gasteiger partial charge on any atom is -0.391 e. The van der Waals surface area contributed by atoms with Gasteiger partial charge in [-0.15, -0.1) is 0 Å². The Morgan fingerprint density at radius 3 is 2.33 bits per heavy atom. The highest BCUT2D eigenvalue weighted by molar-refractivity contribution is 5.84. The lowest BCUT2D eigenvalue weighted by molar-refractivity contribution is -0.126. The number of carbonyl (C=O) groups is 2. The molecule has 0 spiro atoms. The summed E-state index contributed by atoms with van der Waals surface area (Å²) in [5, 5.41) is 11.5. The molecule has 3 atom stereocenters. The molecule has 0 saturated carbocycles. The van der Waals surface area contributed by atoms with Gasteiger partial charge in [-0.2, -0.15) is 0 Å². The van der Waals surface area contributed by atoms with Gasteiger partial charge in [-0.3, -0.25) is 4.79 Å². The molecule has 0 aromatic rings. The fourth-order valence-corrected chi connectivity index (χ4v) is 1.15. The van der Waals surface area contributed by atoms with Gasteiger partial charge in [-0.05, 0) is 19.3 Å². The Bertz CT molecular complexity index is 217. The highest BCUT2D eigenvalue weighted by atomic mass is 16.3. The summed E-state index contributed by atoms with van der Waals surface area (Å²) in [6.45, 7) is 5.35. The van der Waals surface area contributed by atoms with Crippen LogP contribution in [0.2, 0.25) is 0 Å². The largest absolute Gasteiger partial charge is 0.391 e. The molecule has 0 bridgehead atoms. The summed E-state index contributed by atoms with van der Waals surface area (Å²) in [4.78, 5) is 22.0. The van der Waals surface area contributed by atoms with Crippen molar-refractivity contribution in [3.05, 3.63) is 0 Å². The number of aliphatic hydroxyl groups is 1. The molecule has 1 unspecified atom stereocenters. The molecule has 0 aliphatic carbocycles. The zero-order valence-electron chi connectivity index (χ0n) is 9.43. The molecule has 15 heavy (non-hydrogen) atoms. The number of hydrogen-bond donors (Lipinski definition) is 3. The first-order valence-corrected chi connectivity index (χ1v) is 5.07. The van der Waals surface area contributed by atoms with Crippen LogP contribution in [0.4, 0.5) is 0 Å². The Labute approximate surface area is 90.0 Å². The predicted molar refractivity (Wildman–Crippen MR) is 57.1 cm³/mol. The number of aldehydes is 1. The monoisotopic (exact) mass is 216 g/mol. The zero-order valence-corrected chi connectivity index (χ0v) is 9.43. The average molecular weight is 216 g/mol. The maximum absolute atomic E-state index is 11.4. The first-order chi connectivity index (χ1) is 6.88. The number of nitrogens with two attached hydrogens (primary N) is 1. The van der Waals surface area contributed by atoms with E-state index in [-0.39, 0.29) is 0 Å². The molecule has 5 nitrogen and oxygen atoms in total. The molecular weight excluding hydrogens is 196 g/mol. The van der Waals surface area contributed by atoms with Crippen LogP contribution in [0, 0.1) is 5.92 Å². The Balaban J connectivity index is 4.16. The van der Waals surface area contributed by atoms with Gasteiger partial charge in [0.05, 0.1) is 12.1 Å². The second-order valence-corrected chi connectivity index (χ2v) is 4.15. The van der Waals surface area contributed by atoms with Crippen LogP contribution < -0.4 is 11.1 Å². The molecule has 0 saturated heterocycles. The third-order valence-corrected chi connectivity index (χ3v) is 2.04. The lowest BCUT2D eigenvalue weighted by Gasteiger charge is -2.19. The van der Waals surface area contributed by atoms with E-state index in [1.54, 1.807) is 0 Å². The summed E-state index contributed by atoms with van der Waals surface area (Å²) < 4.78 is 0. The molecule has 5 heteroatoms. The second-order valence-electron chi connectivity index (χ2n) is 4.15. The van der Waals surface area contributed by atoms with Gasteiger partial charge in [0, 0.05) is 0 Å². The van der Waals surface area contributed by atoms with Crippen LogP contribution in [0.1, 0.15) is 27.2 Å². The highest BCUT2D eigenvalue weighted by Gasteiger charge is 2.21. The zero-order chi connectivity index (χ0) is 12.0. The van der Waals surface area contributed by atoms with Crippen LogP contribution in [0.15, 0.2) is 0 Å².